The van der Waals surface area contributed by atoms with Crippen molar-refractivity contribution in [3.8, 4) is 0 Å². The quantitative estimate of drug-likeness (QED) is 0.882. The molecule has 1 atom stereocenters. The zero-order valence-electron chi connectivity index (χ0n) is 8.57. The number of nitrogens with zero attached hydrogens (tertiary/aromatic N) is 1. The van der Waals surface area contributed by atoms with Gasteiger partial charge in [0, 0.05) is 16.2 Å². The third-order valence-electron chi connectivity index (χ3n) is 2.31. The van der Waals surface area contributed by atoms with Crippen LogP contribution in [0.4, 0.5) is 4.39 Å². The number of rotatable bonds is 2. The van der Waals surface area contributed by atoms with Gasteiger partial charge in [-0.15, -0.1) is 0 Å². The summed E-state index contributed by atoms with van der Waals surface area (Å²) in [5.74, 6) is -0.468. The van der Waals surface area contributed by atoms with E-state index in [1.807, 2.05) is 0 Å². The normalized spacial score (nSPS) is 12.5. The van der Waals surface area contributed by atoms with Crippen molar-refractivity contribution in [3.05, 3.63) is 62.5 Å². The number of hydrogen-bond donors (Lipinski definition) is 1. The van der Waals surface area contributed by atoms with Crippen molar-refractivity contribution < 1.29 is 9.50 Å². The Kier molecular flexibility index (Phi) is 3.91. The Morgan fingerprint density at radius 2 is 1.94 bits per heavy atom. The molecule has 0 fully saturated rings. The first-order valence-corrected chi connectivity index (χ1v) is 6.41. The predicted octanol–water partition coefficient (Wildman–Crippen LogP) is 3.83. The van der Waals surface area contributed by atoms with Gasteiger partial charge in [-0.1, -0.05) is 12.1 Å². The molecule has 0 saturated carbocycles. The third-order valence-corrected chi connectivity index (χ3v) is 3.39. The van der Waals surface area contributed by atoms with Gasteiger partial charge in [0.25, 0.3) is 0 Å². The molecule has 0 radical (unpaired) electrons. The Bertz CT molecular complexity index is 531. The second kappa shape index (κ2) is 5.25. The number of benzene rings is 1. The van der Waals surface area contributed by atoms with Gasteiger partial charge in [0.1, 0.15) is 11.9 Å². The van der Waals surface area contributed by atoms with Crippen LogP contribution in [0.3, 0.4) is 0 Å². The minimum atomic E-state index is -1.07. The molecule has 1 aromatic carbocycles. The lowest BCUT2D eigenvalue weighted by Gasteiger charge is -2.12. The molecule has 5 heteroatoms. The van der Waals surface area contributed by atoms with E-state index >= 15 is 0 Å². The van der Waals surface area contributed by atoms with E-state index in [2.05, 4.69) is 36.8 Å². The Hall–Kier alpha value is -0.780. The molecule has 0 aliphatic heterocycles. The average Bonchev–Trinajstić information content (AvgIpc) is 2.33. The molecular formula is C12H8Br2FNO. The van der Waals surface area contributed by atoms with Crippen molar-refractivity contribution in [2.24, 2.45) is 0 Å². The van der Waals surface area contributed by atoms with Gasteiger partial charge < -0.3 is 5.11 Å². The van der Waals surface area contributed by atoms with Crippen molar-refractivity contribution in [1.82, 2.24) is 4.98 Å². The topological polar surface area (TPSA) is 33.1 Å². The molecule has 2 rings (SSSR count). The summed E-state index contributed by atoms with van der Waals surface area (Å²) in [7, 11) is 0. The van der Waals surface area contributed by atoms with E-state index in [9.17, 15) is 9.50 Å². The summed E-state index contributed by atoms with van der Waals surface area (Å²) in [6.07, 6.45) is 0.495. The molecular weight excluding hydrogens is 353 g/mol. The molecule has 0 aliphatic carbocycles. The van der Waals surface area contributed by atoms with Crippen LogP contribution in [-0.4, -0.2) is 10.1 Å². The highest BCUT2D eigenvalue weighted by molar-refractivity contribution is 9.10. The highest BCUT2D eigenvalue weighted by Crippen LogP contribution is 2.27. The van der Waals surface area contributed by atoms with Crippen LogP contribution in [0.2, 0.25) is 0 Å². The molecule has 0 spiro atoms. The van der Waals surface area contributed by atoms with Crippen LogP contribution in [0.15, 0.2) is 45.5 Å². The van der Waals surface area contributed by atoms with Crippen molar-refractivity contribution in [3.63, 3.8) is 0 Å². The van der Waals surface area contributed by atoms with E-state index in [0.29, 0.717) is 10.2 Å². The van der Waals surface area contributed by atoms with Crippen LogP contribution in [0.25, 0.3) is 0 Å². The zero-order valence-corrected chi connectivity index (χ0v) is 11.7. The summed E-state index contributed by atoms with van der Waals surface area (Å²) in [6, 6.07) is 8.19. The van der Waals surface area contributed by atoms with Gasteiger partial charge in [-0.3, -0.25) is 4.98 Å². The summed E-state index contributed by atoms with van der Waals surface area (Å²) in [5, 5.41) is 10.0. The number of aromatic nitrogens is 1. The minimum Gasteiger partial charge on any atom is -0.382 e. The van der Waals surface area contributed by atoms with Crippen LogP contribution in [0, 0.1) is 5.82 Å². The van der Waals surface area contributed by atoms with Crippen molar-refractivity contribution in [1.29, 1.82) is 0 Å². The van der Waals surface area contributed by atoms with E-state index < -0.39 is 11.9 Å². The van der Waals surface area contributed by atoms with Crippen LogP contribution >= 0.6 is 31.9 Å². The maximum atomic E-state index is 13.8. The van der Waals surface area contributed by atoms with Gasteiger partial charge in [0.15, 0.2) is 0 Å². The SMILES string of the molecule is OC(c1ccc(Br)cn1)c1cccc(Br)c1F. The monoisotopic (exact) mass is 359 g/mol. The van der Waals surface area contributed by atoms with Crippen LogP contribution < -0.4 is 0 Å². The highest BCUT2D eigenvalue weighted by Gasteiger charge is 2.17. The highest BCUT2D eigenvalue weighted by atomic mass is 79.9. The van der Waals surface area contributed by atoms with Crippen molar-refractivity contribution >= 4 is 31.9 Å². The van der Waals surface area contributed by atoms with Gasteiger partial charge in [-0.2, -0.15) is 0 Å². The fourth-order valence-corrected chi connectivity index (χ4v) is 2.06. The van der Waals surface area contributed by atoms with Gasteiger partial charge >= 0.3 is 0 Å². The Balaban J connectivity index is 2.40. The lowest BCUT2D eigenvalue weighted by atomic mass is 10.1. The first-order valence-electron chi connectivity index (χ1n) is 4.83. The molecule has 2 nitrogen and oxygen atoms in total. The summed E-state index contributed by atoms with van der Waals surface area (Å²) < 4.78 is 14.9. The second-order valence-electron chi connectivity index (χ2n) is 3.45. The fraction of sp³-hybridized carbons (Fsp3) is 0.0833. The molecule has 2 aromatic rings. The maximum Gasteiger partial charge on any atom is 0.143 e. The van der Waals surface area contributed by atoms with E-state index in [1.54, 1.807) is 30.5 Å². The Morgan fingerprint density at radius 1 is 1.18 bits per heavy atom. The lowest BCUT2D eigenvalue weighted by Crippen LogP contribution is -2.04. The van der Waals surface area contributed by atoms with Crippen molar-refractivity contribution in [2.75, 3.05) is 0 Å². The first kappa shape index (κ1) is 12.7. The summed E-state index contributed by atoms with van der Waals surface area (Å²) in [6.45, 7) is 0. The third kappa shape index (κ3) is 2.73. The van der Waals surface area contributed by atoms with Gasteiger partial charge in [-0.05, 0) is 50.1 Å². The number of hydrogen-bond acceptors (Lipinski definition) is 2. The lowest BCUT2D eigenvalue weighted by molar-refractivity contribution is 0.210. The Labute approximate surface area is 115 Å². The van der Waals surface area contributed by atoms with Gasteiger partial charge in [0.05, 0.1) is 10.2 Å². The molecule has 1 unspecified atom stereocenters. The molecule has 88 valence electrons. The molecule has 0 aliphatic rings. The first-order chi connectivity index (χ1) is 8.09. The van der Waals surface area contributed by atoms with E-state index in [0.717, 1.165) is 4.47 Å². The number of pyridine rings is 1. The molecule has 1 N–H and O–H groups in total. The van der Waals surface area contributed by atoms with Crippen LogP contribution in [-0.2, 0) is 0 Å². The molecule has 0 amide bonds. The van der Waals surface area contributed by atoms with E-state index in [-0.39, 0.29) is 5.56 Å². The largest absolute Gasteiger partial charge is 0.382 e. The van der Waals surface area contributed by atoms with E-state index in [1.165, 1.54) is 6.07 Å². The molecule has 0 saturated heterocycles. The fourth-order valence-electron chi connectivity index (χ4n) is 1.44. The standard InChI is InChI=1S/C12H8Br2FNO/c13-7-4-5-10(16-6-7)12(17)8-2-1-3-9(14)11(8)15/h1-6,12,17H. The molecule has 1 heterocycles. The molecule has 1 aromatic heterocycles. The summed E-state index contributed by atoms with van der Waals surface area (Å²) in [5.41, 5.74) is 0.611. The van der Waals surface area contributed by atoms with Gasteiger partial charge in [-0.25, -0.2) is 4.39 Å². The molecule has 0 bridgehead atoms. The van der Waals surface area contributed by atoms with Crippen molar-refractivity contribution in [2.45, 2.75) is 6.10 Å². The predicted molar refractivity (Wildman–Crippen MR) is 70.1 cm³/mol. The Morgan fingerprint density at radius 3 is 2.59 bits per heavy atom. The number of aliphatic hydroxyl groups is 1. The van der Waals surface area contributed by atoms with E-state index in [4.69, 9.17) is 0 Å². The summed E-state index contributed by atoms with van der Waals surface area (Å²) >= 11 is 6.34. The molecule has 17 heavy (non-hydrogen) atoms. The zero-order chi connectivity index (χ0) is 12.4. The second-order valence-corrected chi connectivity index (χ2v) is 5.22. The minimum absolute atomic E-state index is 0.203. The van der Waals surface area contributed by atoms with Crippen LogP contribution in [0.5, 0.6) is 0 Å². The average molecular weight is 361 g/mol. The van der Waals surface area contributed by atoms with Gasteiger partial charge in [0.2, 0.25) is 0 Å². The number of halogens is 3. The smallest absolute Gasteiger partial charge is 0.143 e. The number of aliphatic hydroxyl groups excluding tert-OH is 1. The maximum absolute atomic E-state index is 13.8. The van der Waals surface area contributed by atoms with Crippen LogP contribution in [0.1, 0.15) is 17.4 Å². The summed E-state index contributed by atoms with van der Waals surface area (Å²) in [4.78, 5) is 4.05.